The number of nitrogens with zero attached hydrogens (tertiary/aromatic N) is 1. The Morgan fingerprint density at radius 2 is 2.00 bits per heavy atom. The van der Waals surface area contributed by atoms with Crippen molar-refractivity contribution in [3.8, 4) is 11.3 Å². The molecule has 3 nitrogen and oxygen atoms in total. The molecule has 0 saturated carbocycles. The first kappa shape index (κ1) is 14.9. The minimum Gasteiger partial charge on any atom is -0.345 e. The number of nitrogens with one attached hydrogen (secondary N) is 1. The molecule has 1 unspecified atom stereocenters. The molecule has 1 fully saturated rings. The lowest BCUT2D eigenvalue weighted by Gasteiger charge is -2.14. The number of thioether (sulfide) groups is 2. The highest BCUT2D eigenvalue weighted by Gasteiger charge is 2.26. The lowest BCUT2D eigenvalue weighted by molar-refractivity contribution is -0.119. The average Bonchev–Trinajstić information content (AvgIpc) is 3.20. The Hall–Kier alpha value is -0.980. The van der Waals surface area contributed by atoms with E-state index in [2.05, 4.69) is 10.3 Å². The van der Waals surface area contributed by atoms with Gasteiger partial charge in [0.25, 0.3) is 0 Å². The minimum absolute atomic E-state index is 0.0400. The molecule has 3 rings (SSSR count). The van der Waals surface area contributed by atoms with Crippen molar-refractivity contribution in [1.29, 1.82) is 0 Å². The van der Waals surface area contributed by atoms with Gasteiger partial charge in [-0.1, -0.05) is 30.3 Å². The van der Waals surface area contributed by atoms with E-state index in [-0.39, 0.29) is 16.5 Å². The number of amides is 1. The van der Waals surface area contributed by atoms with Crippen LogP contribution in [0.25, 0.3) is 11.3 Å². The van der Waals surface area contributed by atoms with E-state index >= 15 is 0 Å². The van der Waals surface area contributed by atoms with Crippen LogP contribution in [-0.4, -0.2) is 27.0 Å². The Morgan fingerprint density at radius 1 is 1.29 bits per heavy atom. The predicted molar refractivity (Wildman–Crippen MR) is 92.8 cm³/mol. The van der Waals surface area contributed by atoms with Crippen LogP contribution in [-0.2, 0) is 4.79 Å². The Balaban J connectivity index is 1.66. The zero-order valence-corrected chi connectivity index (χ0v) is 14.1. The normalized spacial score (nSPS) is 16.8. The van der Waals surface area contributed by atoms with Crippen LogP contribution < -0.4 is 5.32 Å². The fraction of sp³-hybridized carbons (Fsp3) is 0.333. The second-order valence-corrected chi connectivity index (χ2v) is 8.35. The fourth-order valence-electron chi connectivity index (χ4n) is 2.08. The number of rotatable bonds is 4. The largest absolute Gasteiger partial charge is 0.345 e. The molecule has 1 aromatic carbocycles. The second kappa shape index (κ2) is 6.85. The number of carbonyl (C=O) groups excluding carboxylic acids is 1. The Morgan fingerprint density at radius 3 is 2.71 bits per heavy atom. The third-order valence-electron chi connectivity index (χ3n) is 3.16. The molecule has 1 saturated heterocycles. The molecule has 2 aromatic rings. The van der Waals surface area contributed by atoms with Crippen molar-refractivity contribution in [3.63, 3.8) is 0 Å². The number of benzene rings is 1. The van der Waals surface area contributed by atoms with Crippen LogP contribution in [0.5, 0.6) is 0 Å². The van der Waals surface area contributed by atoms with E-state index in [1.807, 2.05) is 42.6 Å². The van der Waals surface area contributed by atoms with Crippen LogP contribution in [0.2, 0.25) is 0 Å². The van der Waals surface area contributed by atoms with Gasteiger partial charge in [0.05, 0.1) is 11.7 Å². The van der Waals surface area contributed by atoms with Crippen LogP contribution in [0.3, 0.4) is 0 Å². The Bertz CT molecular complexity index is 608. The number of hydrogen-bond donors (Lipinski definition) is 1. The summed E-state index contributed by atoms with van der Waals surface area (Å²) in [4.78, 5) is 16.8. The highest BCUT2D eigenvalue weighted by atomic mass is 32.2. The zero-order chi connectivity index (χ0) is 14.7. The van der Waals surface area contributed by atoms with Gasteiger partial charge in [-0.3, -0.25) is 4.79 Å². The van der Waals surface area contributed by atoms with Gasteiger partial charge in [0.2, 0.25) is 5.91 Å². The summed E-state index contributed by atoms with van der Waals surface area (Å²) in [5, 5.41) is 6.07. The number of carbonyl (C=O) groups is 1. The molecule has 1 atom stereocenters. The first-order valence-electron chi connectivity index (χ1n) is 6.78. The molecule has 0 bridgehead atoms. The van der Waals surface area contributed by atoms with E-state index in [0.717, 1.165) is 27.8 Å². The van der Waals surface area contributed by atoms with Gasteiger partial charge in [-0.25, -0.2) is 4.98 Å². The summed E-state index contributed by atoms with van der Waals surface area (Å²) < 4.78 is 0.0426. The zero-order valence-electron chi connectivity index (χ0n) is 11.6. The molecule has 1 aliphatic heterocycles. The van der Waals surface area contributed by atoms with Crippen LogP contribution >= 0.6 is 34.9 Å². The van der Waals surface area contributed by atoms with Gasteiger partial charge in [-0.05, 0) is 6.92 Å². The van der Waals surface area contributed by atoms with E-state index in [4.69, 9.17) is 0 Å². The Kier molecular flexibility index (Phi) is 4.87. The summed E-state index contributed by atoms with van der Waals surface area (Å²) in [6.07, 6.45) is 0. The molecule has 1 aromatic heterocycles. The molecular formula is C15H16N2OS3. The van der Waals surface area contributed by atoms with Crippen molar-refractivity contribution in [3.05, 3.63) is 40.7 Å². The number of hydrogen-bond acceptors (Lipinski definition) is 5. The van der Waals surface area contributed by atoms with Crippen LogP contribution in [0.1, 0.15) is 18.0 Å². The monoisotopic (exact) mass is 336 g/mol. The summed E-state index contributed by atoms with van der Waals surface area (Å²) >= 11 is 5.04. The number of aromatic nitrogens is 1. The molecule has 0 spiro atoms. The maximum absolute atomic E-state index is 12.1. The highest BCUT2D eigenvalue weighted by molar-refractivity contribution is 8.21. The standard InChI is InChI=1S/C15H16N2OS3/c1-10(16-13(18)15-19-7-8-20-15)14-17-12(9-21-14)11-5-3-2-4-6-11/h2-6,9-10,15H,7-8H2,1H3,(H,16,18). The van der Waals surface area contributed by atoms with Crippen molar-refractivity contribution in [2.75, 3.05) is 11.5 Å². The highest BCUT2D eigenvalue weighted by Crippen LogP contribution is 2.32. The summed E-state index contributed by atoms with van der Waals surface area (Å²) in [6, 6.07) is 10.1. The van der Waals surface area contributed by atoms with Crippen molar-refractivity contribution >= 4 is 40.8 Å². The minimum atomic E-state index is -0.0400. The van der Waals surface area contributed by atoms with Crippen molar-refractivity contribution < 1.29 is 4.79 Å². The van der Waals surface area contributed by atoms with Crippen LogP contribution in [0, 0.1) is 0 Å². The summed E-state index contributed by atoms with van der Waals surface area (Å²) in [7, 11) is 0. The van der Waals surface area contributed by atoms with Crippen molar-refractivity contribution in [2.45, 2.75) is 17.5 Å². The molecule has 2 heterocycles. The summed E-state index contributed by atoms with van der Waals surface area (Å²) in [5.74, 6) is 2.24. The van der Waals surface area contributed by atoms with E-state index < -0.39 is 0 Å². The van der Waals surface area contributed by atoms with E-state index in [1.165, 1.54) is 0 Å². The van der Waals surface area contributed by atoms with Crippen molar-refractivity contribution in [2.24, 2.45) is 0 Å². The van der Waals surface area contributed by atoms with Crippen LogP contribution in [0.15, 0.2) is 35.7 Å². The third-order valence-corrected chi connectivity index (χ3v) is 7.17. The van der Waals surface area contributed by atoms with Gasteiger partial charge in [-0.15, -0.1) is 34.9 Å². The maximum atomic E-state index is 12.1. The fourth-order valence-corrected chi connectivity index (χ4v) is 5.52. The lowest BCUT2D eigenvalue weighted by atomic mass is 10.2. The third kappa shape index (κ3) is 3.62. The molecule has 21 heavy (non-hydrogen) atoms. The van der Waals surface area contributed by atoms with Gasteiger partial charge in [-0.2, -0.15) is 0 Å². The van der Waals surface area contributed by atoms with Gasteiger partial charge in [0.1, 0.15) is 9.59 Å². The average molecular weight is 337 g/mol. The SMILES string of the molecule is CC(NC(=O)C1SCCS1)c1nc(-c2ccccc2)cs1. The predicted octanol–water partition coefficient (Wildman–Crippen LogP) is 3.79. The summed E-state index contributed by atoms with van der Waals surface area (Å²) in [6.45, 7) is 2.00. The molecule has 1 amide bonds. The molecule has 1 N–H and O–H groups in total. The smallest absolute Gasteiger partial charge is 0.243 e. The van der Waals surface area contributed by atoms with Gasteiger partial charge >= 0.3 is 0 Å². The van der Waals surface area contributed by atoms with Crippen molar-refractivity contribution in [1.82, 2.24) is 10.3 Å². The van der Waals surface area contributed by atoms with Crippen LogP contribution in [0.4, 0.5) is 0 Å². The lowest BCUT2D eigenvalue weighted by Crippen LogP contribution is -2.32. The van der Waals surface area contributed by atoms with Gasteiger partial charge < -0.3 is 5.32 Å². The van der Waals surface area contributed by atoms with E-state index in [1.54, 1.807) is 34.9 Å². The molecule has 1 aliphatic rings. The van der Waals surface area contributed by atoms with Gasteiger partial charge in [0, 0.05) is 22.4 Å². The molecular weight excluding hydrogens is 320 g/mol. The second-order valence-electron chi connectivity index (χ2n) is 4.74. The van der Waals surface area contributed by atoms with E-state index in [9.17, 15) is 4.79 Å². The molecule has 110 valence electrons. The first-order valence-corrected chi connectivity index (χ1v) is 9.76. The maximum Gasteiger partial charge on any atom is 0.243 e. The molecule has 0 aliphatic carbocycles. The summed E-state index contributed by atoms with van der Waals surface area (Å²) in [5.41, 5.74) is 2.08. The topological polar surface area (TPSA) is 42.0 Å². The Labute approximate surface area is 136 Å². The van der Waals surface area contributed by atoms with E-state index in [0.29, 0.717) is 0 Å². The molecule has 6 heteroatoms. The molecule has 0 radical (unpaired) electrons. The van der Waals surface area contributed by atoms with Gasteiger partial charge in [0.15, 0.2) is 0 Å². The number of thiazole rings is 1. The quantitative estimate of drug-likeness (QED) is 0.922. The first-order chi connectivity index (χ1) is 10.2.